The number of amides is 1. The summed E-state index contributed by atoms with van der Waals surface area (Å²) in [6, 6.07) is 20.2. The highest BCUT2D eigenvalue weighted by atomic mass is 32.2. The van der Waals surface area contributed by atoms with Crippen molar-refractivity contribution in [2.24, 2.45) is 0 Å². The van der Waals surface area contributed by atoms with E-state index in [9.17, 15) is 4.79 Å². The summed E-state index contributed by atoms with van der Waals surface area (Å²) in [6.07, 6.45) is 2.20. The van der Waals surface area contributed by atoms with Crippen LogP contribution in [0.25, 0.3) is 10.2 Å². The number of aromatic nitrogens is 2. The van der Waals surface area contributed by atoms with Gasteiger partial charge in [-0.1, -0.05) is 47.7 Å². The molecule has 0 saturated heterocycles. The van der Waals surface area contributed by atoms with Crippen LogP contribution < -0.4 is 4.90 Å². The van der Waals surface area contributed by atoms with Crippen molar-refractivity contribution < 1.29 is 4.79 Å². The van der Waals surface area contributed by atoms with E-state index in [0.717, 1.165) is 32.4 Å². The molecule has 6 heteroatoms. The Morgan fingerprint density at radius 1 is 1.00 bits per heavy atom. The van der Waals surface area contributed by atoms with Crippen molar-refractivity contribution in [2.75, 3.05) is 10.7 Å². The lowest BCUT2D eigenvalue weighted by Crippen LogP contribution is -2.30. The van der Waals surface area contributed by atoms with Crippen molar-refractivity contribution >= 4 is 44.4 Å². The molecule has 0 N–H and O–H groups in total. The summed E-state index contributed by atoms with van der Waals surface area (Å²) in [5.74, 6) is 0.795. The largest absolute Gasteiger partial charge is 0.282 e. The first-order chi connectivity index (χ1) is 14.6. The molecule has 0 unspecified atom stereocenters. The lowest BCUT2D eigenvalue weighted by atomic mass is 10.1. The number of thiazole rings is 1. The molecule has 0 radical (unpaired) electrons. The van der Waals surface area contributed by atoms with Crippen molar-refractivity contribution in [3.63, 3.8) is 0 Å². The van der Waals surface area contributed by atoms with Gasteiger partial charge in [-0.15, -0.1) is 11.8 Å². The maximum atomic E-state index is 13.2. The minimum Gasteiger partial charge on any atom is -0.282 e. The molecule has 0 spiro atoms. The standard InChI is InChI=1S/C24H23N3OS2/c1-17-11-12-18(2)23-22(17)26-24(30-23)27(16-19-8-6-7-14-25-19)21(28)13-15-29-20-9-4-3-5-10-20/h3-12,14H,13,15-16H2,1-2H3. The Morgan fingerprint density at radius 3 is 2.50 bits per heavy atom. The second kappa shape index (κ2) is 9.41. The zero-order chi connectivity index (χ0) is 20.9. The molecule has 0 saturated carbocycles. The van der Waals surface area contributed by atoms with Crippen molar-refractivity contribution in [2.45, 2.75) is 31.7 Å². The van der Waals surface area contributed by atoms with Crippen LogP contribution in [0.2, 0.25) is 0 Å². The first kappa shape index (κ1) is 20.6. The van der Waals surface area contributed by atoms with E-state index in [1.165, 1.54) is 10.5 Å². The summed E-state index contributed by atoms with van der Waals surface area (Å²) in [5.41, 5.74) is 4.15. The normalized spacial score (nSPS) is 11.0. The number of thioether (sulfide) groups is 1. The SMILES string of the molecule is Cc1ccc(C)c2sc(N(Cc3ccccn3)C(=O)CCSc3ccccc3)nc12. The zero-order valence-electron chi connectivity index (χ0n) is 17.0. The number of fused-ring (bicyclic) bond motifs is 1. The highest BCUT2D eigenvalue weighted by molar-refractivity contribution is 7.99. The number of aryl methyl sites for hydroxylation is 2. The molecule has 0 aliphatic heterocycles. The van der Waals surface area contributed by atoms with Gasteiger partial charge in [0.2, 0.25) is 5.91 Å². The fourth-order valence-corrected chi connectivity index (χ4v) is 5.18. The van der Waals surface area contributed by atoms with Gasteiger partial charge in [0.15, 0.2) is 5.13 Å². The van der Waals surface area contributed by atoms with Crippen LogP contribution in [0.5, 0.6) is 0 Å². The third-order valence-corrected chi connectivity index (χ3v) is 7.06. The topological polar surface area (TPSA) is 46.1 Å². The van der Waals surface area contributed by atoms with Gasteiger partial charge in [-0.3, -0.25) is 14.7 Å². The molecule has 0 atom stereocenters. The average Bonchev–Trinajstić information content (AvgIpc) is 3.23. The predicted octanol–water partition coefficient (Wildman–Crippen LogP) is 6.02. The Balaban J connectivity index is 1.58. The number of hydrogen-bond acceptors (Lipinski definition) is 5. The van der Waals surface area contributed by atoms with E-state index in [1.54, 1.807) is 34.2 Å². The number of benzene rings is 2. The van der Waals surface area contributed by atoms with Crippen molar-refractivity contribution in [3.05, 3.63) is 83.7 Å². The Labute approximate surface area is 185 Å². The lowest BCUT2D eigenvalue weighted by molar-refractivity contribution is -0.118. The van der Waals surface area contributed by atoms with E-state index < -0.39 is 0 Å². The summed E-state index contributed by atoms with van der Waals surface area (Å²) < 4.78 is 1.14. The van der Waals surface area contributed by atoms with Crippen LogP contribution in [0.1, 0.15) is 23.2 Å². The molecule has 0 aliphatic carbocycles. The first-order valence-corrected chi connectivity index (χ1v) is 11.7. The second-order valence-electron chi connectivity index (χ2n) is 7.09. The molecule has 2 heterocycles. The quantitative estimate of drug-likeness (QED) is 0.334. The molecule has 0 bridgehead atoms. The Kier molecular flexibility index (Phi) is 6.45. The van der Waals surface area contributed by atoms with Gasteiger partial charge in [0.05, 0.1) is 22.5 Å². The molecule has 2 aromatic carbocycles. The fourth-order valence-electron chi connectivity index (χ4n) is 3.19. The molecule has 4 rings (SSSR count). The van der Waals surface area contributed by atoms with E-state index in [1.807, 2.05) is 36.4 Å². The van der Waals surface area contributed by atoms with Gasteiger partial charge < -0.3 is 0 Å². The number of rotatable bonds is 7. The van der Waals surface area contributed by atoms with Crippen LogP contribution in [0.4, 0.5) is 5.13 Å². The number of anilines is 1. The minimum atomic E-state index is 0.0680. The van der Waals surface area contributed by atoms with Crippen LogP contribution >= 0.6 is 23.1 Å². The second-order valence-corrected chi connectivity index (χ2v) is 9.23. The van der Waals surface area contributed by atoms with Gasteiger partial charge >= 0.3 is 0 Å². The molecule has 30 heavy (non-hydrogen) atoms. The number of pyridine rings is 1. The third kappa shape index (κ3) is 4.71. The highest BCUT2D eigenvalue weighted by Gasteiger charge is 2.21. The molecule has 4 aromatic rings. The molecule has 152 valence electrons. The maximum absolute atomic E-state index is 13.2. The van der Waals surface area contributed by atoms with Crippen LogP contribution in [0, 0.1) is 13.8 Å². The van der Waals surface area contributed by atoms with Crippen LogP contribution in [-0.2, 0) is 11.3 Å². The van der Waals surface area contributed by atoms with E-state index in [-0.39, 0.29) is 5.91 Å². The predicted molar refractivity (Wildman–Crippen MR) is 126 cm³/mol. The third-order valence-electron chi connectivity index (χ3n) is 4.84. The zero-order valence-corrected chi connectivity index (χ0v) is 18.7. The van der Waals surface area contributed by atoms with Gasteiger partial charge in [0, 0.05) is 23.3 Å². The van der Waals surface area contributed by atoms with Gasteiger partial charge in [0.1, 0.15) is 0 Å². The monoisotopic (exact) mass is 433 g/mol. The number of hydrogen-bond donors (Lipinski definition) is 0. The summed E-state index contributed by atoms with van der Waals surface area (Å²) in [4.78, 5) is 25.5. The molecular formula is C24H23N3OS2. The Morgan fingerprint density at radius 2 is 1.77 bits per heavy atom. The van der Waals surface area contributed by atoms with Gasteiger partial charge in [-0.2, -0.15) is 0 Å². The summed E-state index contributed by atoms with van der Waals surface area (Å²) >= 11 is 3.28. The maximum Gasteiger partial charge on any atom is 0.229 e. The molecule has 0 aliphatic rings. The van der Waals surface area contributed by atoms with E-state index in [4.69, 9.17) is 4.98 Å². The number of nitrogens with zero attached hydrogens (tertiary/aromatic N) is 3. The van der Waals surface area contributed by atoms with E-state index in [2.05, 4.69) is 43.1 Å². The van der Waals surface area contributed by atoms with Crippen molar-refractivity contribution in [1.82, 2.24) is 9.97 Å². The van der Waals surface area contributed by atoms with Gasteiger partial charge in [-0.05, 0) is 49.2 Å². The van der Waals surface area contributed by atoms with Gasteiger partial charge in [-0.25, -0.2) is 4.98 Å². The highest BCUT2D eigenvalue weighted by Crippen LogP contribution is 2.34. The number of carbonyl (C=O) groups is 1. The average molecular weight is 434 g/mol. The molecule has 2 aromatic heterocycles. The Hall–Kier alpha value is -2.70. The van der Waals surface area contributed by atoms with Crippen molar-refractivity contribution in [3.8, 4) is 0 Å². The van der Waals surface area contributed by atoms with Crippen LogP contribution in [0.15, 0.2) is 71.8 Å². The number of carbonyl (C=O) groups excluding carboxylic acids is 1. The summed E-state index contributed by atoms with van der Waals surface area (Å²) in [5, 5.41) is 0.739. The molecular weight excluding hydrogens is 410 g/mol. The Bertz CT molecular complexity index is 1100. The van der Waals surface area contributed by atoms with Gasteiger partial charge in [0.25, 0.3) is 0 Å². The first-order valence-electron chi connectivity index (χ1n) is 9.86. The minimum absolute atomic E-state index is 0.0680. The van der Waals surface area contributed by atoms with Crippen LogP contribution in [-0.4, -0.2) is 21.6 Å². The smallest absolute Gasteiger partial charge is 0.229 e. The van der Waals surface area contributed by atoms with Crippen LogP contribution in [0.3, 0.4) is 0 Å². The van der Waals surface area contributed by atoms with Crippen molar-refractivity contribution in [1.29, 1.82) is 0 Å². The molecule has 0 fully saturated rings. The summed E-state index contributed by atoms with van der Waals surface area (Å²) in [6.45, 7) is 4.57. The molecule has 1 amide bonds. The fraction of sp³-hybridized carbons (Fsp3) is 0.208. The lowest BCUT2D eigenvalue weighted by Gasteiger charge is -2.19. The summed E-state index contributed by atoms with van der Waals surface area (Å²) in [7, 11) is 0. The van der Waals surface area contributed by atoms with E-state index >= 15 is 0 Å². The molecule has 4 nitrogen and oxygen atoms in total. The van der Waals surface area contributed by atoms with E-state index in [0.29, 0.717) is 13.0 Å².